The molecule has 0 saturated carbocycles. The van der Waals surface area contributed by atoms with Gasteiger partial charge in [-0.15, -0.1) is 0 Å². The molecule has 2 nitrogen and oxygen atoms in total. The molecule has 1 N–H and O–H groups in total. The first-order valence-electron chi connectivity index (χ1n) is 2.37. The van der Waals surface area contributed by atoms with Crippen LogP contribution in [0.2, 0.25) is 0 Å². The Morgan fingerprint density at radius 3 is 2.89 bits per heavy atom. The molecule has 0 aliphatic heterocycles. The Morgan fingerprint density at radius 1 is 1.78 bits per heavy atom. The van der Waals surface area contributed by atoms with Crippen molar-refractivity contribution in [3.05, 3.63) is 20.3 Å². The van der Waals surface area contributed by atoms with Crippen LogP contribution in [0.3, 0.4) is 0 Å². The predicted molar refractivity (Wildman–Crippen MR) is 40.4 cm³/mol. The highest BCUT2D eigenvalue weighted by molar-refractivity contribution is 9.11. The zero-order valence-electron chi connectivity index (χ0n) is 4.81. The summed E-state index contributed by atoms with van der Waals surface area (Å²) in [7, 11) is 0. The van der Waals surface area contributed by atoms with Crippen molar-refractivity contribution in [2.45, 2.75) is 6.92 Å². The largest absolute Gasteiger partial charge is 0.274 e. The van der Waals surface area contributed by atoms with Gasteiger partial charge in [0.15, 0.2) is 0 Å². The van der Waals surface area contributed by atoms with Crippen molar-refractivity contribution < 1.29 is 0 Å². The van der Waals surface area contributed by atoms with E-state index in [1.165, 1.54) is 11.3 Å². The van der Waals surface area contributed by atoms with Gasteiger partial charge in [-0.05, 0) is 28.9 Å². The van der Waals surface area contributed by atoms with Crippen molar-refractivity contribution in [1.82, 2.24) is 4.98 Å². The van der Waals surface area contributed by atoms with Gasteiger partial charge in [-0.1, -0.05) is 11.3 Å². The average Bonchev–Trinajstić information content (AvgIpc) is 1.59. The SMILES string of the molecule is Cc1cc(Br)sc(=N)n1. The second-order valence-corrected chi connectivity index (χ2v) is 4.02. The Hall–Kier alpha value is -0.220. The second kappa shape index (κ2) is 2.58. The topological polar surface area (TPSA) is 36.7 Å². The summed E-state index contributed by atoms with van der Waals surface area (Å²) in [5, 5.41) is 7.15. The standard InChI is InChI=1S/C5H5BrN2S/c1-3-2-4(6)9-5(7)8-3/h2,7H,1H3. The minimum absolute atomic E-state index is 0.349. The fourth-order valence-corrected chi connectivity index (χ4v) is 1.90. The summed E-state index contributed by atoms with van der Waals surface area (Å²) in [5.41, 5.74) is 0.880. The number of aryl methyl sites for hydroxylation is 1. The number of rotatable bonds is 0. The fraction of sp³-hybridized carbons (Fsp3) is 0.200. The van der Waals surface area contributed by atoms with Gasteiger partial charge in [-0.25, -0.2) is 4.98 Å². The van der Waals surface area contributed by atoms with Gasteiger partial charge in [0.1, 0.15) is 0 Å². The van der Waals surface area contributed by atoms with E-state index in [2.05, 4.69) is 20.9 Å². The molecule has 0 fully saturated rings. The molecule has 0 atom stereocenters. The molecule has 0 aliphatic rings. The van der Waals surface area contributed by atoms with Crippen LogP contribution in [0, 0.1) is 12.3 Å². The summed E-state index contributed by atoms with van der Waals surface area (Å²) >= 11 is 4.59. The van der Waals surface area contributed by atoms with Crippen molar-refractivity contribution in [2.75, 3.05) is 0 Å². The molecule has 9 heavy (non-hydrogen) atoms. The quantitative estimate of drug-likeness (QED) is 0.687. The minimum Gasteiger partial charge on any atom is -0.274 e. The predicted octanol–water partition coefficient (Wildman–Crippen LogP) is 1.69. The molecule has 0 saturated heterocycles. The molecule has 1 heterocycles. The maximum Gasteiger partial charge on any atom is 0.202 e. The van der Waals surface area contributed by atoms with E-state index in [-0.39, 0.29) is 0 Å². The van der Waals surface area contributed by atoms with Gasteiger partial charge in [0.05, 0.1) is 3.79 Å². The van der Waals surface area contributed by atoms with Gasteiger partial charge in [-0.3, -0.25) is 5.41 Å². The zero-order chi connectivity index (χ0) is 6.85. The molecule has 1 aromatic heterocycles. The van der Waals surface area contributed by atoms with E-state index in [1.54, 1.807) is 0 Å². The highest BCUT2D eigenvalue weighted by Gasteiger charge is 1.89. The highest BCUT2D eigenvalue weighted by Crippen LogP contribution is 2.10. The van der Waals surface area contributed by atoms with E-state index >= 15 is 0 Å². The molecular weight excluding hydrogens is 200 g/mol. The smallest absolute Gasteiger partial charge is 0.202 e. The van der Waals surface area contributed by atoms with Crippen LogP contribution in [0.4, 0.5) is 0 Å². The Balaban J connectivity index is 3.33. The number of nitrogens with one attached hydrogen (secondary N) is 1. The van der Waals surface area contributed by atoms with E-state index in [1.807, 2.05) is 13.0 Å². The monoisotopic (exact) mass is 204 g/mol. The number of aromatic nitrogens is 1. The first-order chi connectivity index (χ1) is 4.18. The van der Waals surface area contributed by atoms with Crippen molar-refractivity contribution in [1.29, 1.82) is 5.41 Å². The van der Waals surface area contributed by atoms with Gasteiger partial charge >= 0.3 is 0 Å². The van der Waals surface area contributed by atoms with E-state index in [0.29, 0.717) is 4.80 Å². The third-order valence-corrected chi connectivity index (χ3v) is 2.11. The van der Waals surface area contributed by atoms with Crippen LogP contribution >= 0.6 is 27.3 Å². The van der Waals surface area contributed by atoms with E-state index in [9.17, 15) is 0 Å². The molecule has 1 rings (SSSR count). The maximum atomic E-state index is 7.15. The molecule has 0 aromatic carbocycles. The lowest BCUT2D eigenvalue weighted by Crippen LogP contribution is -2.00. The summed E-state index contributed by atoms with van der Waals surface area (Å²) in [6, 6.07) is 1.89. The summed E-state index contributed by atoms with van der Waals surface area (Å²) in [6.45, 7) is 1.87. The third-order valence-electron chi connectivity index (χ3n) is 0.794. The van der Waals surface area contributed by atoms with Crippen LogP contribution in [0.15, 0.2) is 9.85 Å². The van der Waals surface area contributed by atoms with Gasteiger partial charge < -0.3 is 0 Å². The number of halogens is 1. The zero-order valence-corrected chi connectivity index (χ0v) is 7.21. The van der Waals surface area contributed by atoms with Crippen molar-refractivity contribution >= 4 is 27.3 Å². The van der Waals surface area contributed by atoms with Crippen molar-refractivity contribution in [3.8, 4) is 0 Å². The van der Waals surface area contributed by atoms with E-state index in [0.717, 1.165) is 9.48 Å². The molecule has 48 valence electrons. The molecule has 0 spiro atoms. The van der Waals surface area contributed by atoms with Gasteiger partial charge in [0, 0.05) is 5.69 Å². The van der Waals surface area contributed by atoms with Gasteiger partial charge in [0.2, 0.25) is 4.80 Å². The molecule has 0 amide bonds. The van der Waals surface area contributed by atoms with Crippen LogP contribution in [0.5, 0.6) is 0 Å². The number of nitrogens with zero attached hydrogens (tertiary/aromatic N) is 1. The Labute approximate surface area is 65.2 Å². The Kier molecular flexibility index (Phi) is 1.97. The molecule has 0 unspecified atom stereocenters. The van der Waals surface area contributed by atoms with Crippen molar-refractivity contribution in [3.63, 3.8) is 0 Å². The summed E-state index contributed by atoms with van der Waals surface area (Å²) < 4.78 is 0.958. The van der Waals surface area contributed by atoms with Crippen LogP contribution < -0.4 is 4.80 Å². The van der Waals surface area contributed by atoms with Gasteiger partial charge in [-0.2, -0.15) is 0 Å². The number of hydrogen-bond donors (Lipinski definition) is 1. The summed E-state index contributed by atoms with van der Waals surface area (Å²) in [5.74, 6) is 0. The maximum absolute atomic E-state index is 7.15. The fourth-order valence-electron chi connectivity index (χ4n) is 0.501. The molecule has 0 radical (unpaired) electrons. The Morgan fingerprint density at radius 2 is 2.44 bits per heavy atom. The van der Waals surface area contributed by atoms with E-state index < -0.39 is 0 Å². The van der Waals surface area contributed by atoms with Crippen LogP contribution in [-0.4, -0.2) is 4.98 Å². The first-order valence-corrected chi connectivity index (χ1v) is 3.98. The van der Waals surface area contributed by atoms with Crippen LogP contribution in [0.25, 0.3) is 0 Å². The average molecular weight is 205 g/mol. The number of hydrogen-bond acceptors (Lipinski definition) is 3. The third kappa shape index (κ3) is 1.87. The highest BCUT2D eigenvalue weighted by atomic mass is 79.9. The lowest BCUT2D eigenvalue weighted by Gasteiger charge is -1.88. The Bertz CT molecular complexity index is 245. The molecule has 0 aliphatic carbocycles. The van der Waals surface area contributed by atoms with E-state index in [4.69, 9.17) is 5.41 Å². The van der Waals surface area contributed by atoms with Gasteiger partial charge in [0.25, 0.3) is 0 Å². The first kappa shape index (κ1) is 6.89. The molecule has 4 heteroatoms. The lowest BCUT2D eigenvalue weighted by molar-refractivity contribution is 1.10. The lowest BCUT2D eigenvalue weighted by atomic mass is 10.5. The molecule has 1 aromatic rings. The van der Waals surface area contributed by atoms with Crippen LogP contribution in [-0.2, 0) is 0 Å². The normalized spacial score (nSPS) is 9.56. The molecular formula is C5H5BrN2S. The minimum atomic E-state index is 0.349. The van der Waals surface area contributed by atoms with Crippen LogP contribution in [0.1, 0.15) is 5.69 Å². The summed E-state index contributed by atoms with van der Waals surface area (Å²) in [4.78, 5) is 4.24. The summed E-state index contributed by atoms with van der Waals surface area (Å²) in [6.07, 6.45) is 0. The van der Waals surface area contributed by atoms with Crippen molar-refractivity contribution in [2.24, 2.45) is 0 Å². The second-order valence-electron chi connectivity index (χ2n) is 1.61. The molecule has 0 bridgehead atoms.